The van der Waals surface area contributed by atoms with Crippen molar-refractivity contribution in [1.29, 1.82) is 0 Å². The van der Waals surface area contributed by atoms with Crippen LogP contribution in [0.2, 0.25) is 0 Å². The molecule has 0 saturated heterocycles. The summed E-state index contributed by atoms with van der Waals surface area (Å²) in [6.45, 7) is 6.39. The number of aliphatic hydroxyl groups is 1. The SMILES string of the molecule is CC(C)[C@H]1NC(=O)[C@H]([C@@H](C)O)NC(=O)[C@@H](C)NC(=O)[C@@H](NC(=O)c2cscn2)Cc2ccc(cc2)OC[C@H](Cc2ccccc2)NC1=O. The lowest BCUT2D eigenvalue weighted by atomic mass is 10.0. The molecule has 0 radical (unpaired) electrons. The monoisotopic (exact) mass is 678 g/mol. The quantitative estimate of drug-likeness (QED) is 0.209. The number of nitrogens with zero attached hydrogens (tertiary/aromatic N) is 1. The summed E-state index contributed by atoms with van der Waals surface area (Å²) in [4.78, 5) is 70.5. The molecule has 2 aliphatic rings. The summed E-state index contributed by atoms with van der Waals surface area (Å²) in [5.41, 5.74) is 3.32. The molecular weight excluding hydrogens is 636 g/mol. The minimum absolute atomic E-state index is 0.0817. The summed E-state index contributed by atoms with van der Waals surface area (Å²) >= 11 is 1.23. The van der Waals surface area contributed by atoms with Crippen molar-refractivity contribution in [1.82, 2.24) is 31.6 Å². The summed E-state index contributed by atoms with van der Waals surface area (Å²) in [6.07, 6.45) is -0.806. The largest absolute Gasteiger partial charge is 0.491 e. The van der Waals surface area contributed by atoms with Crippen molar-refractivity contribution in [2.45, 2.75) is 76.8 Å². The van der Waals surface area contributed by atoms with Gasteiger partial charge in [0.05, 0.1) is 17.7 Å². The van der Waals surface area contributed by atoms with Gasteiger partial charge in [-0.1, -0.05) is 56.3 Å². The highest BCUT2D eigenvalue weighted by molar-refractivity contribution is 7.07. The van der Waals surface area contributed by atoms with Crippen molar-refractivity contribution in [2.24, 2.45) is 5.92 Å². The van der Waals surface area contributed by atoms with Gasteiger partial charge >= 0.3 is 0 Å². The molecule has 2 aromatic carbocycles. The predicted octanol–water partition coefficient (Wildman–Crippen LogP) is 1.12. The van der Waals surface area contributed by atoms with Gasteiger partial charge in [0, 0.05) is 11.8 Å². The normalized spacial score (nSPS) is 23.6. The first-order valence-electron chi connectivity index (χ1n) is 15.8. The first kappa shape index (κ1) is 36.0. The molecule has 1 aromatic heterocycles. The van der Waals surface area contributed by atoms with Gasteiger partial charge in [0.25, 0.3) is 5.91 Å². The number of amides is 5. The van der Waals surface area contributed by atoms with Gasteiger partial charge in [-0.3, -0.25) is 24.0 Å². The number of hydrogen-bond donors (Lipinski definition) is 6. The maximum atomic E-state index is 13.6. The van der Waals surface area contributed by atoms with Crippen LogP contribution in [-0.4, -0.2) is 82.5 Å². The molecule has 5 amide bonds. The number of nitrogens with one attached hydrogen (secondary N) is 5. The number of carbonyl (C=O) groups is 5. The number of ether oxygens (including phenoxy) is 1. The molecule has 0 fully saturated rings. The molecule has 3 aromatic rings. The van der Waals surface area contributed by atoms with Gasteiger partial charge in [0.1, 0.15) is 42.2 Å². The van der Waals surface area contributed by atoms with Crippen molar-refractivity contribution in [3.8, 4) is 5.75 Å². The molecule has 13 nitrogen and oxygen atoms in total. The highest BCUT2D eigenvalue weighted by atomic mass is 32.1. The lowest BCUT2D eigenvalue weighted by Gasteiger charge is -2.29. The topological polar surface area (TPSA) is 188 Å². The van der Waals surface area contributed by atoms with E-state index in [4.69, 9.17) is 4.74 Å². The Morgan fingerprint density at radius 2 is 1.58 bits per heavy atom. The lowest BCUT2D eigenvalue weighted by molar-refractivity contribution is -0.136. The van der Waals surface area contributed by atoms with Gasteiger partial charge in [-0.25, -0.2) is 4.98 Å². The molecule has 0 saturated carbocycles. The van der Waals surface area contributed by atoms with Crippen LogP contribution in [0.3, 0.4) is 0 Å². The standard InChI is InChI=1S/C34H42N6O7S/c1-19(2)28-33(45)37-24(14-22-8-6-5-7-9-22)16-47-25-12-10-23(11-13-25)15-26(38-32(44)27-17-48-18-35-27)31(43)36-20(3)30(42)40-29(21(4)41)34(46)39-28/h5-13,17-21,24,26,28-29,41H,14-16H2,1-4H3,(H,36,43)(H,37,45)(H,38,44)(H,39,46)(H,40,42)/t20-,21-,24+,26+,28-,29+/m1/s1. The van der Waals surface area contributed by atoms with Crippen molar-refractivity contribution < 1.29 is 33.8 Å². The van der Waals surface area contributed by atoms with Crippen molar-refractivity contribution in [3.63, 3.8) is 0 Å². The summed E-state index contributed by atoms with van der Waals surface area (Å²) in [5, 5.41) is 25.5. The third-order valence-electron chi connectivity index (χ3n) is 7.83. The van der Waals surface area contributed by atoms with Crippen LogP contribution in [0.15, 0.2) is 65.5 Å². The smallest absolute Gasteiger partial charge is 0.271 e. The zero-order valence-electron chi connectivity index (χ0n) is 27.3. The minimum Gasteiger partial charge on any atom is -0.491 e. The van der Waals surface area contributed by atoms with Crippen LogP contribution in [0.25, 0.3) is 0 Å². The minimum atomic E-state index is -1.43. The second-order valence-electron chi connectivity index (χ2n) is 12.1. The molecule has 256 valence electrons. The van der Waals surface area contributed by atoms with Gasteiger partial charge in [-0.05, 0) is 49.4 Å². The number of hydrogen-bond acceptors (Lipinski definition) is 9. The Kier molecular flexibility index (Phi) is 12.6. The highest BCUT2D eigenvalue weighted by Gasteiger charge is 2.34. The Balaban J connectivity index is 1.65. The Bertz CT molecular complexity index is 1550. The molecule has 6 atom stereocenters. The van der Waals surface area contributed by atoms with Crippen LogP contribution in [0.5, 0.6) is 5.75 Å². The molecule has 6 N–H and O–H groups in total. The van der Waals surface area contributed by atoms with E-state index in [-0.39, 0.29) is 24.6 Å². The maximum Gasteiger partial charge on any atom is 0.271 e. The second kappa shape index (κ2) is 16.8. The molecule has 3 heterocycles. The Labute approximate surface area is 283 Å². The van der Waals surface area contributed by atoms with Crippen LogP contribution >= 0.6 is 11.3 Å². The van der Waals surface area contributed by atoms with Gasteiger partial charge in [-0.2, -0.15) is 0 Å². The fraction of sp³-hybridized carbons (Fsp3) is 0.412. The number of fused-ring (bicyclic) bond motifs is 17. The molecule has 0 aliphatic carbocycles. The number of aromatic nitrogens is 1. The van der Waals surface area contributed by atoms with Crippen LogP contribution in [0.1, 0.15) is 49.3 Å². The third-order valence-corrected chi connectivity index (χ3v) is 8.42. The van der Waals surface area contributed by atoms with Crippen molar-refractivity contribution >= 4 is 40.9 Å². The Morgan fingerprint density at radius 3 is 2.21 bits per heavy atom. The van der Waals surface area contributed by atoms with E-state index in [1.165, 1.54) is 30.7 Å². The van der Waals surface area contributed by atoms with E-state index in [9.17, 15) is 29.1 Å². The average molecular weight is 679 g/mol. The molecule has 14 heteroatoms. The summed E-state index contributed by atoms with van der Waals surface area (Å²) in [5.74, 6) is -3.00. The van der Waals surface area contributed by atoms with E-state index >= 15 is 0 Å². The zero-order valence-corrected chi connectivity index (χ0v) is 28.1. The Hall–Kier alpha value is -4.82. The van der Waals surface area contributed by atoms with E-state index in [0.29, 0.717) is 17.7 Å². The number of thiazole rings is 1. The zero-order chi connectivity index (χ0) is 34.8. The van der Waals surface area contributed by atoms with Gasteiger partial charge in [0.15, 0.2) is 0 Å². The van der Waals surface area contributed by atoms with Gasteiger partial charge in [0.2, 0.25) is 23.6 Å². The molecule has 48 heavy (non-hydrogen) atoms. The molecule has 5 rings (SSSR count). The average Bonchev–Trinajstić information content (AvgIpc) is 3.60. The fourth-order valence-corrected chi connectivity index (χ4v) is 5.63. The first-order valence-corrected chi connectivity index (χ1v) is 16.7. The van der Waals surface area contributed by atoms with Crippen LogP contribution < -0.4 is 31.3 Å². The van der Waals surface area contributed by atoms with E-state index in [2.05, 4.69) is 31.6 Å². The highest BCUT2D eigenvalue weighted by Crippen LogP contribution is 2.16. The number of benzene rings is 2. The molecule has 0 unspecified atom stereocenters. The second-order valence-corrected chi connectivity index (χ2v) is 12.9. The number of carbonyl (C=O) groups excluding carboxylic acids is 5. The fourth-order valence-electron chi connectivity index (χ4n) is 5.10. The molecule has 0 spiro atoms. The van der Waals surface area contributed by atoms with E-state index in [1.807, 2.05) is 30.3 Å². The lowest BCUT2D eigenvalue weighted by Crippen LogP contribution is -2.61. The van der Waals surface area contributed by atoms with E-state index in [1.54, 1.807) is 43.5 Å². The van der Waals surface area contributed by atoms with E-state index in [0.717, 1.165) is 5.56 Å². The maximum absolute atomic E-state index is 13.6. The van der Waals surface area contributed by atoms with Gasteiger partial charge < -0.3 is 36.4 Å². The summed E-state index contributed by atoms with van der Waals surface area (Å²) < 4.78 is 6.09. The third kappa shape index (κ3) is 10.1. The van der Waals surface area contributed by atoms with Crippen molar-refractivity contribution in [2.75, 3.05) is 6.61 Å². The number of rotatable bonds is 6. The molecule has 2 aliphatic heterocycles. The van der Waals surface area contributed by atoms with Gasteiger partial charge in [-0.15, -0.1) is 11.3 Å². The summed E-state index contributed by atoms with van der Waals surface area (Å²) in [7, 11) is 0. The molecule has 2 bridgehead atoms. The van der Waals surface area contributed by atoms with Crippen LogP contribution in [-0.2, 0) is 32.0 Å². The number of aliphatic hydroxyl groups excluding tert-OH is 1. The predicted molar refractivity (Wildman–Crippen MR) is 179 cm³/mol. The molecular formula is C34H42N6O7S. The van der Waals surface area contributed by atoms with Crippen LogP contribution in [0, 0.1) is 5.92 Å². The van der Waals surface area contributed by atoms with Crippen LogP contribution in [0.4, 0.5) is 0 Å². The first-order chi connectivity index (χ1) is 22.9. The van der Waals surface area contributed by atoms with E-state index < -0.39 is 65.8 Å². The summed E-state index contributed by atoms with van der Waals surface area (Å²) in [6, 6.07) is 11.4. The Morgan fingerprint density at radius 1 is 0.917 bits per heavy atom. The van der Waals surface area contributed by atoms with Crippen molar-refractivity contribution in [3.05, 3.63) is 82.3 Å².